The number of hydrogen-bond donors (Lipinski definition) is 0. The summed E-state index contributed by atoms with van der Waals surface area (Å²) in [5.74, 6) is 0. The average Bonchev–Trinajstić information content (AvgIpc) is 3.47. The van der Waals surface area contributed by atoms with Crippen LogP contribution >= 0.6 is 0 Å². The summed E-state index contributed by atoms with van der Waals surface area (Å²) < 4.78 is 30.1. The number of benzene rings is 1. The molecule has 0 amide bonds. The molecule has 2 saturated heterocycles. The lowest BCUT2D eigenvalue weighted by atomic mass is 10.1. The Morgan fingerprint density at radius 3 is 2.21 bits per heavy atom. The summed E-state index contributed by atoms with van der Waals surface area (Å²) in [6, 6.07) is 10.2. The fourth-order valence-corrected chi connectivity index (χ4v) is 12.3. The molecule has 4 atom stereocenters. The van der Waals surface area contributed by atoms with E-state index in [1.807, 2.05) is 41.2 Å². The first-order valence-electron chi connectivity index (χ1n) is 15.0. The molecule has 0 spiro atoms. The molecule has 1 aromatic carbocycles. The van der Waals surface area contributed by atoms with Crippen molar-refractivity contribution in [1.82, 2.24) is 19.5 Å². The van der Waals surface area contributed by atoms with Crippen molar-refractivity contribution < 1.29 is 18.0 Å². The van der Waals surface area contributed by atoms with Crippen molar-refractivity contribution >= 4 is 40.2 Å². The third-order valence-corrected chi connectivity index (χ3v) is 18.7. The van der Waals surface area contributed by atoms with Gasteiger partial charge in [0.15, 0.2) is 20.2 Å². The van der Waals surface area contributed by atoms with Crippen LogP contribution in [0.4, 0.5) is 0 Å². The molecule has 228 valence electrons. The minimum atomic E-state index is -2.76. The second-order valence-corrected chi connectivity index (χ2v) is 24.8. The van der Waals surface area contributed by atoms with Crippen molar-refractivity contribution in [3.63, 3.8) is 0 Å². The van der Waals surface area contributed by atoms with Gasteiger partial charge in [-0.05, 0) is 29.8 Å². The van der Waals surface area contributed by atoms with Crippen molar-refractivity contribution in [2.24, 2.45) is 0 Å². The van der Waals surface area contributed by atoms with E-state index in [0.717, 1.165) is 16.8 Å². The van der Waals surface area contributed by atoms with Gasteiger partial charge in [-0.25, -0.2) is 15.0 Å². The topological polar surface area (TPSA) is 80.5 Å². The third-order valence-electron chi connectivity index (χ3n) is 9.14. The van der Waals surface area contributed by atoms with E-state index in [0.29, 0.717) is 12.3 Å². The molecule has 4 heterocycles. The lowest BCUT2D eigenvalue weighted by molar-refractivity contribution is -0.0795. The van der Waals surface area contributed by atoms with Crippen LogP contribution in [0.1, 0.15) is 79.8 Å². The standard InChI is InChI=1S/C32H48N4O4Si2/c1-30(2,3)41(10,11)39-27-26-24(19-37-42(40-26,31(4,5)6)32(7,8)9)38-29(27)36-21-35-25-23(33-20-34-28(25)36)18-17-22-15-13-12-14-16-22/h12-18,20-21,24,26-27,29H,19H2,1-11H3/b18-17+/t24-,26-,27-,29-/m1/s1. The Kier molecular flexibility index (Phi) is 7.99. The van der Waals surface area contributed by atoms with Gasteiger partial charge in [0.05, 0.1) is 18.6 Å². The van der Waals surface area contributed by atoms with Crippen LogP contribution in [0.2, 0.25) is 28.2 Å². The zero-order valence-corrected chi connectivity index (χ0v) is 29.1. The van der Waals surface area contributed by atoms with Crippen molar-refractivity contribution in [2.75, 3.05) is 6.61 Å². The van der Waals surface area contributed by atoms with E-state index in [4.69, 9.17) is 23.0 Å². The van der Waals surface area contributed by atoms with Crippen molar-refractivity contribution in [1.29, 1.82) is 0 Å². The van der Waals surface area contributed by atoms with Gasteiger partial charge in [0.2, 0.25) is 0 Å². The molecule has 0 N–H and O–H groups in total. The largest absolute Gasteiger partial charge is 0.407 e. The molecule has 8 nitrogen and oxygen atoms in total. The summed E-state index contributed by atoms with van der Waals surface area (Å²) in [6.07, 6.45) is 6.10. The highest BCUT2D eigenvalue weighted by atomic mass is 28.4. The SMILES string of the molecule is CC(C)(C)[Si](C)(C)O[C@@H]1[C@@H]2O[Si](C(C)(C)C)(C(C)(C)C)OC[C@H]2O[C@H]1n1cnc2c(/C=C/c3ccccc3)ncnc21. The molecule has 5 rings (SSSR count). The molecule has 2 fully saturated rings. The molecule has 0 bridgehead atoms. The van der Waals surface area contributed by atoms with Crippen LogP contribution in [0.5, 0.6) is 0 Å². The molecule has 42 heavy (non-hydrogen) atoms. The van der Waals surface area contributed by atoms with Crippen LogP contribution in [0, 0.1) is 0 Å². The first-order chi connectivity index (χ1) is 19.5. The number of hydrogen-bond acceptors (Lipinski definition) is 7. The van der Waals surface area contributed by atoms with Crippen LogP contribution < -0.4 is 0 Å². The fraction of sp³-hybridized carbons (Fsp3) is 0.594. The van der Waals surface area contributed by atoms with E-state index < -0.39 is 23.1 Å². The second kappa shape index (κ2) is 10.7. The first kappa shape index (κ1) is 31.2. The van der Waals surface area contributed by atoms with Crippen LogP contribution in [-0.4, -0.2) is 61.3 Å². The maximum Gasteiger partial charge on any atom is 0.349 e. The summed E-state index contributed by atoms with van der Waals surface area (Å²) in [5, 5.41) is -0.284. The smallest absolute Gasteiger partial charge is 0.349 e. The number of aromatic nitrogens is 4. The van der Waals surface area contributed by atoms with Gasteiger partial charge in [-0.2, -0.15) is 0 Å². The van der Waals surface area contributed by atoms with Gasteiger partial charge < -0.3 is 18.0 Å². The molecule has 0 unspecified atom stereocenters. The van der Waals surface area contributed by atoms with Gasteiger partial charge in [-0.15, -0.1) is 0 Å². The van der Waals surface area contributed by atoms with E-state index in [2.05, 4.69) is 97.5 Å². The average molecular weight is 609 g/mol. The Balaban J connectivity index is 1.57. The number of fused-ring (bicyclic) bond motifs is 2. The Bertz CT molecular complexity index is 1420. The van der Waals surface area contributed by atoms with E-state index in [9.17, 15) is 0 Å². The van der Waals surface area contributed by atoms with E-state index in [-0.39, 0.29) is 33.4 Å². The summed E-state index contributed by atoms with van der Waals surface area (Å²) >= 11 is 0. The Morgan fingerprint density at radius 1 is 0.929 bits per heavy atom. The van der Waals surface area contributed by atoms with Crippen LogP contribution in [-0.2, 0) is 18.0 Å². The second-order valence-electron chi connectivity index (χ2n) is 15.2. The first-order valence-corrected chi connectivity index (χ1v) is 19.7. The Morgan fingerprint density at radius 2 is 1.60 bits per heavy atom. The highest BCUT2D eigenvalue weighted by Gasteiger charge is 2.66. The Hall–Kier alpha value is -2.22. The minimum Gasteiger partial charge on any atom is -0.407 e. The van der Waals surface area contributed by atoms with Crippen molar-refractivity contribution in [2.45, 2.75) is 115 Å². The molecule has 2 aliphatic heterocycles. The van der Waals surface area contributed by atoms with Crippen LogP contribution in [0.25, 0.3) is 23.3 Å². The molecule has 0 saturated carbocycles. The lowest BCUT2D eigenvalue weighted by Gasteiger charge is -2.54. The van der Waals surface area contributed by atoms with Crippen LogP contribution in [0.3, 0.4) is 0 Å². The Labute approximate surface area is 253 Å². The van der Waals surface area contributed by atoms with Gasteiger partial charge in [-0.3, -0.25) is 4.57 Å². The minimum absolute atomic E-state index is 0.0119. The van der Waals surface area contributed by atoms with Gasteiger partial charge in [0, 0.05) is 10.1 Å². The lowest BCUT2D eigenvalue weighted by Crippen LogP contribution is -2.66. The maximum absolute atomic E-state index is 7.26. The van der Waals surface area contributed by atoms with Gasteiger partial charge in [-0.1, -0.05) is 98.7 Å². The molecule has 3 aromatic rings. The number of nitrogens with zero attached hydrogens (tertiary/aromatic N) is 4. The van der Waals surface area contributed by atoms with Crippen molar-refractivity contribution in [3.8, 4) is 0 Å². The summed E-state index contributed by atoms with van der Waals surface area (Å²) in [4.78, 5) is 14.0. The highest BCUT2D eigenvalue weighted by molar-refractivity contribution is 6.74. The van der Waals surface area contributed by atoms with Gasteiger partial charge in [0.25, 0.3) is 0 Å². The number of ether oxygens (including phenoxy) is 1. The fourth-order valence-electron chi connectivity index (χ4n) is 6.11. The van der Waals surface area contributed by atoms with Gasteiger partial charge in [0.1, 0.15) is 30.2 Å². The monoisotopic (exact) mass is 608 g/mol. The molecule has 0 aliphatic carbocycles. The molecular weight excluding hydrogens is 561 g/mol. The number of rotatable bonds is 5. The predicted octanol–water partition coefficient (Wildman–Crippen LogP) is 7.74. The predicted molar refractivity (Wildman–Crippen MR) is 173 cm³/mol. The maximum atomic E-state index is 7.26. The molecule has 0 radical (unpaired) electrons. The van der Waals surface area contributed by atoms with Gasteiger partial charge >= 0.3 is 8.56 Å². The zero-order valence-electron chi connectivity index (χ0n) is 27.1. The quantitative estimate of drug-likeness (QED) is 0.274. The van der Waals surface area contributed by atoms with E-state index >= 15 is 0 Å². The molecule has 2 aliphatic rings. The molecule has 10 heteroatoms. The van der Waals surface area contributed by atoms with Crippen molar-refractivity contribution in [3.05, 3.63) is 54.2 Å². The summed E-state index contributed by atoms with van der Waals surface area (Å²) in [6.45, 7) is 25.3. The summed E-state index contributed by atoms with van der Waals surface area (Å²) in [7, 11) is -4.99. The van der Waals surface area contributed by atoms with E-state index in [1.165, 1.54) is 0 Å². The highest BCUT2D eigenvalue weighted by Crippen LogP contribution is 2.56. The third kappa shape index (κ3) is 5.46. The van der Waals surface area contributed by atoms with E-state index in [1.54, 1.807) is 6.33 Å². The molecule has 2 aromatic heterocycles. The molecular formula is C32H48N4O4Si2. The number of imidazole rings is 1. The van der Waals surface area contributed by atoms with Crippen LogP contribution in [0.15, 0.2) is 43.0 Å². The zero-order chi connectivity index (χ0) is 30.7. The normalized spacial score (nSPS) is 25.3. The summed E-state index contributed by atoms with van der Waals surface area (Å²) in [5.41, 5.74) is 3.28.